The highest BCUT2D eigenvalue weighted by Gasteiger charge is 2.25. The average molecular weight is 548 g/mol. The van der Waals surface area contributed by atoms with E-state index in [4.69, 9.17) is 27.9 Å². The molecule has 1 aliphatic rings. The van der Waals surface area contributed by atoms with E-state index in [1.54, 1.807) is 49.4 Å². The Balaban J connectivity index is 1.58. The van der Waals surface area contributed by atoms with Crippen molar-refractivity contribution in [3.63, 3.8) is 0 Å². The predicted octanol–water partition coefficient (Wildman–Crippen LogP) is 6.29. The van der Waals surface area contributed by atoms with E-state index < -0.39 is 15.8 Å². The van der Waals surface area contributed by atoms with E-state index in [1.165, 1.54) is 30.8 Å². The van der Waals surface area contributed by atoms with Gasteiger partial charge in [0.1, 0.15) is 5.75 Å². The van der Waals surface area contributed by atoms with Crippen LogP contribution in [0.2, 0.25) is 10.0 Å². The minimum absolute atomic E-state index is 0.0530. The van der Waals surface area contributed by atoms with Crippen molar-refractivity contribution in [2.75, 3.05) is 5.32 Å². The minimum Gasteiger partial charge on any atom is -0.426 e. The molecule has 6 nitrogen and oxygen atoms in total. The van der Waals surface area contributed by atoms with Crippen LogP contribution in [0.15, 0.2) is 69.3 Å². The first kappa shape index (κ1) is 25.3. The normalized spacial score (nSPS) is 14.4. The van der Waals surface area contributed by atoms with E-state index in [-0.39, 0.29) is 26.6 Å². The highest BCUT2D eigenvalue weighted by molar-refractivity contribution is 8.04. The topological polar surface area (TPSA) is 89.5 Å². The van der Waals surface area contributed by atoms with Gasteiger partial charge in [0.25, 0.3) is 5.91 Å². The van der Waals surface area contributed by atoms with Gasteiger partial charge < -0.3 is 10.1 Å². The largest absolute Gasteiger partial charge is 0.426 e. The Hall–Kier alpha value is -2.78. The van der Waals surface area contributed by atoms with Crippen LogP contribution in [0.3, 0.4) is 0 Å². The number of carbonyl (C=O) groups excluding carboxylic acids is 2. The van der Waals surface area contributed by atoms with E-state index in [2.05, 4.69) is 5.32 Å². The molecule has 0 aliphatic carbocycles. The summed E-state index contributed by atoms with van der Waals surface area (Å²) in [4.78, 5) is 25.1. The zero-order valence-corrected chi connectivity index (χ0v) is 21.7. The summed E-state index contributed by atoms with van der Waals surface area (Å²) in [5.41, 5.74) is 2.25. The molecule has 0 bridgehead atoms. The maximum Gasteiger partial charge on any atom is 0.308 e. The molecule has 0 atom stereocenters. The lowest BCUT2D eigenvalue weighted by molar-refractivity contribution is -0.131. The molecule has 4 rings (SSSR count). The molecular formula is C25H19Cl2NO5S2. The summed E-state index contributed by atoms with van der Waals surface area (Å²) in [6.07, 6.45) is 1.72. The number of sulfone groups is 1. The maximum absolute atomic E-state index is 13.0. The molecule has 1 N–H and O–H groups in total. The summed E-state index contributed by atoms with van der Waals surface area (Å²) >= 11 is 13.5. The summed E-state index contributed by atoms with van der Waals surface area (Å²) in [6, 6.07) is 14.6. The van der Waals surface area contributed by atoms with Crippen molar-refractivity contribution in [1.82, 2.24) is 0 Å². The monoisotopic (exact) mass is 547 g/mol. The lowest BCUT2D eigenvalue weighted by Gasteiger charge is -2.20. The molecule has 1 aliphatic heterocycles. The molecule has 35 heavy (non-hydrogen) atoms. The number of hydrogen-bond acceptors (Lipinski definition) is 6. The molecule has 1 heterocycles. The van der Waals surface area contributed by atoms with Gasteiger partial charge in [0.15, 0.2) is 9.84 Å². The summed E-state index contributed by atoms with van der Waals surface area (Å²) < 4.78 is 31.2. The fourth-order valence-corrected chi connectivity index (χ4v) is 6.51. The van der Waals surface area contributed by atoms with Crippen molar-refractivity contribution in [2.45, 2.75) is 29.4 Å². The number of esters is 1. The van der Waals surface area contributed by atoms with Crippen LogP contribution in [-0.2, 0) is 25.2 Å². The van der Waals surface area contributed by atoms with E-state index in [0.717, 1.165) is 11.1 Å². The van der Waals surface area contributed by atoms with Crippen molar-refractivity contribution in [3.05, 3.63) is 86.2 Å². The Morgan fingerprint density at radius 2 is 1.80 bits per heavy atom. The summed E-state index contributed by atoms with van der Waals surface area (Å²) in [5.74, 6) is -0.668. The van der Waals surface area contributed by atoms with Crippen LogP contribution >= 0.6 is 35.0 Å². The van der Waals surface area contributed by atoms with Crippen molar-refractivity contribution >= 4 is 68.4 Å². The summed E-state index contributed by atoms with van der Waals surface area (Å²) in [6.45, 7) is 3.14. The van der Waals surface area contributed by atoms with Gasteiger partial charge in [-0.3, -0.25) is 9.59 Å². The Bertz CT molecular complexity index is 1480. The summed E-state index contributed by atoms with van der Waals surface area (Å²) in [5, 5.41) is 3.31. The lowest BCUT2D eigenvalue weighted by Crippen LogP contribution is -2.18. The van der Waals surface area contributed by atoms with Crippen molar-refractivity contribution < 1.29 is 22.7 Å². The van der Waals surface area contributed by atoms with E-state index in [9.17, 15) is 18.0 Å². The maximum atomic E-state index is 13.0. The molecule has 180 valence electrons. The van der Waals surface area contributed by atoms with Gasteiger partial charge in [-0.2, -0.15) is 0 Å². The SMILES string of the molecule is CC(=O)Oc1ccc(/C=C2\Sc3ccc(S(=O)(=O)Cc4c(Cl)cccc4Cl)cc3NC2=O)cc1C. The quantitative estimate of drug-likeness (QED) is 0.229. The molecule has 3 aromatic rings. The average Bonchev–Trinajstić information content (AvgIpc) is 2.78. The van der Waals surface area contributed by atoms with E-state index >= 15 is 0 Å². The molecule has 0 saturated carbocycles. The van der Waals surface area contributed by atoms with Gasteiger partial charge in [-0.25, -0.2) is 8.42 Å². The van der Waals surface area contributed by atoms with Crippen molar-refractivity contribution in [1.29, 1.82) is 0 Å². The van der Waals surface area contributed by atoms with Gasteiger partial charge in [0.05, 0.1) is 21.2 Å². The Kier molecular flexibility index (Phi) is 7.28. The molecule has 0 aromatic heterocycles. The van der Waals surface area contributed by atoms with Crippen LogP contribution in [0.1, 0.15) is 23.6 Å². The number of halogens is 2. The highest BCUT2D eigenvalue weighted by Crippen LogP contribution is 2.40. The summed E-state index contributed by atoms with van der Waals surface area (Å²) in [7, 11) is -3.77. The third kappa shape index (κ3) is 5.73. The third-order valence-electron chi connectivity index (χ3n) is 5.15. The van der Waals surface area contributed by atoms with Gasteiger partial charge in [0, 0.05) is 27.4 Å². The molecule has 0 radical (unpaired) electrons. The van der Waals surface area contributed by atoms with Gasteiger partial charge >= 0.3 is 5.97 Å². The highest BCUT2D eigenvalue weighted by atomic mass is 35.5. The first-order chi connectivity index (χ1) is 16.5. The minimum atomic E-state index is -3.77. The molecule has 0 saturated heterocycles. The van der Waals surface area contributed by atoms with Crippen LogP contribution in [0.25, 0.3) is 6.08 Å². The number of thioether (sulfide) groups is 1. The molecule has 0 spiro atoms. The zero-order valence-electron chi connectivity index (χ0n) is 18.6. The molecule has 3 aromatic carbocycles. The molecule has 1 amide bonds. The fraction of sp³-hybridized carbons (Fsp3) is 0.120. The number of fused-ring (bicyclic) bond motifs is 1. The second-order valence-electron chi connectivity index (χ2n) is 7.80. The number of benzene rings is 3. The fourth-order valence-electron chi connectivity index (χ4n) is 3.46. The van der Waals surface area contributed by atoms with Gasteiger partial charge in [-0.05, 0) is 66.6 Å². The first-order valence-corrected chi connectivity index (χ1v) is 13.6. The standard InChI is InChI=1S/C25H19Cl2NO5S2/c1-14-10-16(6-8-22(14)33-15(2)29)11-24-25(30)28-21-12-17(7-9-23(21)34-24)35(31,32)13-18-19(26)4-3-5-20(18)27/h3-12H,13H2,1-2H3,(H,28,30)/b24-11-. The Morgan fingerprint density at radius 3 is 2.46 bits per heavy atom. The number of amides is 1. The predicted molar refractivity (Wildman–Crippen MR) is 139 cm³/mol. The molecule has 0 unspecified atom stereocenters. The number of anilines is 1. The molecular weight excluding hydrogens is 529 g/mol. The van der Waals surface area contributed by atoms with E-state index in [0.29, 0.717) is 26.8 Å². The number of aryl methyl sites for hydroxylation is 1. The number of rotatable bonds is 5. The van der Waals surface area contributed by atoms with Crippen LogP contribution in [-0.4, -0.2) is 20.3 Å². The van der Waals surface area contributed by atoms with Gasteiger partial charge in [-0.15, -0.1) is 0 Å². The second kappa shape index (κ2) is 10.1. The van der Waals surface area contributed by atoms with Crippen LogP contribution < -0.4 is 10.1 Å². The Morgan fingerprint density at radius 1 is 1.09 bits per heavy atom. The Labute approximate surface area is 217 Å². The molecule has 0 fully saturated rings. The van der Waals surface area contributed by atoms with Crippen LogP contribution in [0, 0.1) is 6.92 Å². The number of carbonyl (C=O) groups is 2. The van der Waals surface area contributed by atoms with Crippen molar-refractivity contribution in [3.8, 4) is 5.75 Å². The lowest BCUT2D eigenvalue weighted by atomic mass is 10.1. The first-order valence-electron chi connectivity index (χ1n) is 10.3. The van der Waals surface area contributed by atoms with Crippen LogP contribution in [0.5, 0.6) is 5.75 Å². The number of hydrogen-bond donors (Lipinski definition) is 1. The number of ether oxygens (including phenoxy) is 1. The zero-order chi connectivity index (χ0) is 25.3. The van der Waals surface area contributed by atoms with Crippen molar-refractivity contribution in [2.24, 2.45) is 0 Å². The third-order valence-corrected chi connectivity index (χ3v) is 8.60. The van der Waals surface area contributed by atoms with Gasteiger partial charge in [0.2, 0.25) is 0 Å². The smallest absolute Gasteiger partial charge is 0.308 e. The molecule has 10 heteroatoms. The second-order valence-corrected chi connectivity index (χ2v) is 11.7. The van der Waals surface area contributed by atoms with Crippen LogP contribution in [0.4, 0.5) is 5.69 Å². The number of nitrogens with one attached hydrogen (secondary N) is 1. The van der Waals surface area contributed by atoms with Gasteiger partial charge in [-0.1, -0.05) is 47.1 Å². The van der Waals surface area contributed by atoms with E-state index in [1.807, 2.05) is 6.07 Å².